The van der Waals surface area contributed by atoms with E-state index in [-0.39, 0.29) is 17.5 Å². The van der Waals surface area contributed by atoms with Crippen molar-refractivity contribution in [1.29, 1.82) is 0 Å². The minimum absolute atomic E-state index is 0.0135. The summed E-state index contributed by atoms with van der Waals surface area (Å²) >= 11 is 0. The highest BCUT2D eigenvalue weighted by Crippen LogP contribution is 2.51. The number of rotatable bonds is 2. The van der Waals surface area contributed by atoms with Crippen LogP contribution in [0.4, 0.5) is 4.79 Å². The van der Waals surface area contributed by atoms with E-state index in [1.54, 1.807) is 4.90 Å². The zero-order valence-corrected chi connectivity index (χ0v) is 14.9. The Morgan fingerprint density at radius 3 is 2.77 bits per heavy atom. The molecule has 3 aliphatic rings. The van der Waals surface area contributed by atoms with E-state index in [1.807, 2.05) is 6.07 Å². The van der Waals surface area contributed by atoms with Crippen LogP contribution in [0.2, 0.25) is 0 Å². The van der Waals surface area contributed by atoms with Gasteiger partial charge in [0.2, 0.25) is 0 Å². The fraction of sp³-hybridized carbons (Fsp3) is 0.600. The predicted octanol–water partition coefficient (Wildman–Crippen LogP) is 2.59. The second-order valence-corrected chi connectivity index (χ2v) is 7.86. The second-order valence-electron chi connectivity index (χ2n) is 7.86. The highest BCUT2D eigenvalue weighted by atomic mass is 16.5. The molecule has 26 heavy (non-hydrogen) atoms. The summed E-state index contributed by atoms with van der Waals surface area (Å²) < 4.78 is 5.58. The number of aliphatic carboxylic acids is 1. The molecule has 2 amide bonds. The lowest BCUT2D eigenvalue weighted by atomic mass is 9.74. The summed E-state index contributed by atoms with van der Waals surface area (Å²) in [6.45, 7) is 2.38. The Labute approximate surface area is 153 Å². The summed E-state index contributed by atoms with van der Waals surface area (Å²) in [4.78, 5) is 25.9. The van der Waals surface area contributed by atoms with Gasteiger partial charge >= 0.3 is 12.0 Å². The van der Waals surface area contributed by atoms with E-state index < -0.39 is 11.9 Å². The van der Waals surface area contributed by atoms with Crippen molar-refractivity contribution in [2.75, 3.05) is 26.3 Å². The highest BCUT2D eigenvalue weighted by Gasteiger charge is 2.48. The van der Waals surface area contributed by atoms with Crippen LogP contribution in [-0.4, -0.2) is 48.3 Å². The Balaban J connectivity index is 1.54. The lowest BCUT2D eigenvalue weighted by Crippen LogP contribution is -2.50. The average molecular weight is 358 g/mol. The lowest BCUT2D eigenvalue weighted by Gasteiger charge is -2.40. The van der Waals surface area contributed by atoms with Gasteiger partial charge in [0.05, 0.1) is 12.0 Å². The van der Waals surface area contributed by atoms with Crippen LogP contribution in [0.1, 0.15) is 42.9 Å². The molecular weight excluding hydrogens is 332 g/mol. The standard InChI is InChI=1S/C20H26N2O4/c23-18(24)15-5-3-9-22(13-15)19(25)21-17-16-6-2-1-4-14(16)12-20(17)7-10-26-11-8-20/h1-2,4,6,15,17H,3,5,7-13H2,(H,21,25)(H,23,24). The molecule has 1 aromatic rings. The zero-order chi connectivity index (χ0) is 18.1. The third kappa shape index (κ3) is 3.07. The van der Waals surface area contributed by atoms with Gasteiger partial charge in [-0.1, -0.05) is 24.3 Å². The molecule has 6 heteroatoms. The number of hydrogen-bond donors (Lipinski definition) is 2. The number of nitrogens with one attached hydrogen (secondary N) is 1. The number of carboxylic acids is 1. The molecule has 2 saturated heterocycles. The Morgan fingerprint density at radius 1 is 1.23 bits per heavy atom. The fourth-order valence-corrected chi connectivity index (χ4v) is 4.84. The molecule has 1 aliphatic carbocycles. The van der Waals surface area contributed by atoms with Crippen molar-refractivity contribution in [3.63, 3.8) is 0 Å². The third-order valence-electron chi connectivity index (χ3n) is 6.34. The minimum Gasteiger partial charge on any atom is -0.481 e. The van der Waals surface area contributed by atoms with Gasteiger partial charge in [-0.05, 0) is 43.2 Å². The number of urea groups is 1. The summed E-state index contributed by atoms with van der Waals surface area (Å²) in [5, 5.41) is 12.5. The summed E-state index contributed by atoms with van der Waals surface area (Å²) in [6.07, 6.45) is 4.22. The molecule has 0 radical (unpaired) electrons. The maximum Gasteiger partial charge on any atom is 0.317 e. The van der Waals surface area contributed by atoms with Crippen molar-refractivity contribution in [1.82, 2.24) is 10.2 Å². The number of benzene rings is 1. The van der Waals surface area contributed by atoms with Crippen molar-refractivity contribution in [3.8, 4) is 0 Å². The van der Waals surface area contributed by atoms with Crippen LogP contribution >= 0.6 is 0 Å². The summed E-state index contributed by atoms with van der Waals surface area (Å²) in [5.41, 5.74) is 2.52. The largest absolute Gasteiger partial charge is 0.481 e. The quantitative estimate of drug-likeness (QED) is 0.852. The Kier molecular flexibility index (Phi) is 4.61. The third-order valence-corrected chi connectivity index (χ3v) is 6.34. The van der Waals surface area contributed by atoms with E-state index in [0.717, 1.165) is 38.9 Å². The van der Waals surface area contributed by atoms with Gasteiger partial charge in [0.15, 0.2) is 0 Å². The maximum absolute atomic E-state index is 12.9. The maximum atomic E-state index is 12.9. The summed E-state index contributed by atoms with van der Waals surface area (Å²) in [7, 11) is 0. The van der Waals surface area contributed by atoms with Gasteiger partial charge in [-0.15, -0.1) is 0 Å². The summed E-state index contributed by atoms with van der Waals surface area (Å²) in [6, 6.07) is 8.18. The van der Waals surface area contributed by atoms with Crippen molar-refractivity contribution in [2.45, 2.75) is 38.1 Å². The van der Waals surface area contributed by atoms with Crippen LogP contribution in [0.15, 0.2) is 24.3 Å². The van der Waals surface area contributed by atoms with Crippen LogP contribution in [0.25, 0.3) is 0 Å². The Morgan fingerprint density at radius 2 is 2.00 bits per heavy atom. The first-order valence-electron chi connectivity index (χ1n) is 9.53. The fourth-order valence-electron chi connectivity index (χ4n) is 4.84. The minimum atomic E-state index is -0.811. The van der Waals surface area contributed by atoms with Gasteiger partial charge in [0, 0.05) is 31.7 Å². The van der Waals surface area contributed by atoms with Gasteiger partial charge in [-0.25, -0.2) is 4.79 Å². The van der Waals surface area contributed by atoms with Crippen LogP contribution < -0.4 is 5.32 Å². The molecule has 0 saturated carbocycles. The normalized spacial score (nSPS) is 27.2. The number of piperidine rings is 1. The number of nitrogens with zero attached hydrogens (tertiary/aromatic N) is 1. The molecule has 2 heterocycles. The first kappa shape index (κ1) is 17.3. The van der Waals surface area contributed by atoms with E-state index in [4.69, 9.17) is 4.74 Å². The molecule has 4 rings (SSSR count). The van der Waals surface area contributed by atoms with Gasteiger partial charge < -0.3 is 20.1 Å². The molecule has 2 atom stereocenters. The van der Waals surface area contributed by atoms with E-state index >= 15 is 0 Å². The highest BCUT2D eigenvalue weighted by molar-refractivity contribution is 5.77. The molecule has 0 aromatic heterocycles. The topological polar surface area (TPSA) is 78.9 Å². The number of carbonyl (C=O) groups is 2. The monoisotopic (exact) mass is 358 g/mol. The van der Waals surface area contributed by atoms with E-state index in [2.05, 4.69) is 23.5 Å². The van der Waals surface area contributed by atoms with Crippen LogP contribution in [-0.2, 0) is 16.0 Å². The first-order chi connectivity index (χ1) is 12.6. The van der Waals surface area contributed by atoms with Crippen molar-refractivity contribution >= 4 is 12.0 Å². The summed E-state index contributed by atoms with van der Waals surface area (Å²) in [5.74, 6) is -1.27. The smallest absolute Gasteiger partial charge is 0.317 e. The number of likely N-dealkylation sites (tertiary alicyclic amines) is 1. The number of fused-ring (bicyclic) bond motifs is 1. The molecular formula is C20H26N2O4. The van der Waals surface area contributed by atoms with E-state index in [0.29, 0.717) is 19.5 Å². The van der Waals surface area contributed by atoms with Crippen molar-refractivity contribution in [2.24, 2.45) is 11.3 Å². The Bertz CT molecular complexity index is 699. The number of hydrogen-bond acceptors (Lipinski definition) is 3. The van der Waals surface area contributed by atoms with E-state index in [1.165, 1.54) is 11.1 Å². The second kappa shape index (κ2) is 6.91. The van der Waals surface area contributed by atoms with Crippen molar-refractivity contribution < 1.29 is 19.4 Å². The van der Waals surface area contributed by atoms with Gasteiger partial charge in [0.1, 0.15) is 0 Å². The lowest BCUT2D eigenvalue weighted by molar-refractivity contribution is -0.143. The molecule has 2 N–H and O–H groups in total. The van der Waals surface area contributed by atoms with E-state index in [9.17, 15) is 14.7 Å². The first-order valence-corrected chi connectivity index (χ1v) is 9.53. The number of carbonyl (C=O) groups excluding carboxylic acids is 1. The molecule has 140 valence electrons. The van der Waals surface area contributed by atoms with Gasteiger partial charge in [-0.2, -0.15) is 0 Å². The molecule has 1 aromatic carbocycles. The molecule has 2 unspecified atom stereocenters. The van der Waals surface area contributed by atoms with Crippen LogP contribution in [0.5, 0.6) is 0 Å². The number of amides is 2. The molecule has 0 bridgehead atoms. The Hall–Kier alpha value is -2.08. The molecule has 2 fully saturated rings. The van der Waals surface area contributed by atoms with Crippen LogP contribution in [0.3, 0.4) is 0 Å². The predicted molar refractivity (Wildman–Crippen MR) is 95.8 cm³/mol. The number of ether oxygens (including phenoxy) is 1. The van der Waals surface area contributed by atoms with Crippen molar-refractivity contribution in [3.05, 3.63) is 35.4 Å². The number of carboxylic acid groups (broad SMARTS) is 1. The van der Waals surface area contributed by atoms with Crippen LogP contribution in [0, 0.1) is 11.3 Å². The zero-order valence-electron chi connectivity index (χ0n) is 14.9. The van der Waals surface area contributed by atoms with Gasteiger partial charge in [-0.3, -0.25) is 4.79 Å². The molecule has 1 spiro atoms. The average Bonchev–Trinajstić information content (AvgIpc) is 2.95. The SMILES string of the molecule is O=C(O)C1CCCN(C(=O)NC2c3ccccc3CC23CCOCC3)C1. The molecule has 6 nitrogen and oxygen atoms in total. The molecule has 2 aliphatic heterocycles. The van der Waals surface area contributed by atoms with Gasteiger partial charge in [0.25, 0.3) is 0 Å².